The monoisotopic (exact) mass is 428 g/mol. The molecule has 0 spiro atoms. The number of hydrogen-bond donors (Lipinski definition) is 2. The maximum absolute atomic E-state index is 12.3. The number of ether oxygens (including phenoxy) is 2. The predicted molar refractivity (Wildman–Crippen MR) is 117 cm³/mol. The fourth-order valence-electron chi connectivity index (χ4n) is 3.11. The van der Waals surface area contributed by atoms with E-state index in [0.29, 0.717) is 38.9 Å². The van der Waals surface area contributed by atoms with Crippen molar-refractivity contribution >= 4 is 12.0 Å². The Balaban J connectivity index is 1.75. The Morgan fingerprint density at radius 3 is 2.42 bits per heavy atom. The van der Waals surface area contributed by atoms with Crippen molar-refractivity contribution in [2.45, 2.75) is 51.7 Å². The zero-order chi connectivity index (χ0) is 22.9. The predicted octanol–water partition coefficient (Wildman–Crippen LogP) is 2.75. The number of amides is 2. The highest BCUT2D eigenvalue weighted by Crippen LogP contribution is 2.16. The lowest BCUT2D eigenvalue weighted by Gasteiger charge is -2.33. The Morgan fingerprint density at radius 2 is 1.87 bits per heavy atom. The topological polar surface area (TPSA) is 104 Å². The Bertz CT molecular complexity index is 813. The Labute approximate surface area is 184 Å². The van der Waals surface area contributed by atoms with Crippen LogP contribution in [0.25, 0.3) is 0 Å². The number of likely N-dealkylation sites (tertiary alicyclic amines) is 1. The highest BCUT2D eigenvalue weighted by molar-refractivity contribution is 5.97. The van der Waals surface area contributed by atoms with Crippen LogP contribution in [0.2, 0.25) is 0 Å². The van der Waals surface area contributed by atoms with E-state index in [2.05, 4.69) is 10.6 Å². The normalized spacial score (nSPS) is 15.1. The van der Waals surface area contributed by atoms with E-state index in [9.17, 15) is 14.9 Å². The number of carbonyl (C=O) groups excluding carboxylic acids is 2. The molecule has 1 saturated heterocycles. The molecule has 2 amide bonds. The number of nitrogens with zero attached hydrogens (tertiary/aromatic N) is 2. The number of benzene rings is 1. The standard InChI is InChI=1S/C23H32N4O4/c1-23(2,3)31-22(29)27-13-10-19(11-14-27)26-16-18(15-24)21(28)25-12-9-17-5-7-20(30-4)8-6-17/h5-8,16,19,26H,9-14H2,1-4H3,(H,25,28)/b18-16-. The van der Waals surface area contributed by atoms with Crippen LogP contribution in [0.3, 0.4) is 0 Å². The largest absolute Gasteiger partial charge is 0.497 e. The highest BCUT2D eigenvalue weighted by Gasteiger charge is 2.26. The number of nitriles is 1. The minimum atomic E-state index is -0.517. The van der Waals surface area contributed by atoms with Gasteiger partial charge in [-0.05, 0) is 57.7 Å². The molecule has 0 aromatic heterocycles. The maximum atomic E-state index is 12.3. The summed E-state index contributed by atoms with van der Waals surface area (Å²) in [4.78, 5) is 26.1. The third-order valence-electron chi connectivity index (χ3n) is 4.83. The van der Waals surface area contributed by atoms with Gasteiger partial charge in [0.2, 0.25) is 0 Å². The maximum Gasteiger partial charge on any atom is 0.410 e. The lowest BCUT2D eigenvalue weighted by molar-refractivity contribution is -0.117. The molecule has 0 atom stereocenters. The molecule has 2 N–H and O–H groups in total. The Kier molecular flexibility index (Phi) is 8.74. The van der Waals surface area contributed by atoms with Gasteiger partial charge in [-0.25, -0.2) is 4.79 Å². The Hall–Kier alpha value is -3.21. The van der Waals surface area contributed by atoms with Gasteiger partial charge in [0, 0.05) is 31.9 Å². The fourth-order valence-corrected chi connectivity index (χ4v) is 3.11. The van der Waals surface area contributed by atoms with Crippen molar-refractivity contribution in [2.24, 2.45) is 0 Å². The SMILES string of the molecule is COc1ccc(CCNC(=O)/C(C#N)=C\NC2CCN(C(=O)OC(C)(C)C)CC2)cc1. The van der Waals surface area contributed by atoms with E-state index in [-0.39, 0.29) is 17.7 Å². The fraction of sp³-hybridized carbons (Fsp3) is 0.522. The molecule has 1 aromatic carbocycles. The first-order chi connectivity index (χ1) is 14.7. The molecule has 1 aliphatic rings. The van der Waals surface area contributed by atoms with Crippen LogP contribution >= 0.6 is 0 Å². The van der Waals surface area contributed by atoms with Crippen molar-refractivity contribution in [1.82, 2.24) is 15.5 Å². The first-order valence-electron chi connectivity index (χ1n) is 10.5. The smallest absolute Gasteiger partial charge is 0.410 e. The molecule has 0 aliphatic carbocycles. The first kappa shape index (κ1) is 24.1. The van der Waals surface area contributed by atoms with Gasteiger partial charge in [-0.15, -0.1) is 0 Å². The van der Waals surface area contributed by atoms with Crippen LogP contribution in [0.1, 0.15) is 39.2 Å². The number of hydrogen-bond acceptors (Lipinski definition) is 6. The van der Waals surface area contributed by atoms with Gasteiger partial charge < -0.3 is 25.0 Å². The second kappa shape index (κ2) is 11.3. The van der Waals surface area contributed by atoms with Gasteiger partial charge >= 0.3 is 6.09 Å². The van der Waals surface area contributed by atoms with Crippen LogP contribution in [0.4, 0.5) is 4.79 Å². The third kappa shape index (κ3) is 8.21. The molecule has 0 unspecified atom stereocenters. The van der Waals surface area contributed by atoms with Crippen molar-refractivity contribution < 1.29 is 19.1 Å². The van der Waals surface area contributed by atoms with E-state index >= 15 is 0 Å². The van der Waals surface area contributed by atoms with Crippen LogP contribution in [-0.4, -0.2) is 55.3 Å². The van der Waals surface area contributed by atoms with Gasteiger partial charge in [-0.2, -0.15) is 5.26 Å². The number of nitrogens with one attached hydrogen (secondary N) is 2. The number of piperidine rings is 1. The molecule has 8 nitrogen and oxygen atoms in total. The van der Waals surface area contributed by atoms with E-state index < -0.39 is 11.5 Å². The average molecular weight is 429 g/mol. The summed E-state index contributed by atoms with van der Waals surface area (Å²) in [5, 5.41) is 15.2. The first-order valence-corrected chi connectivity index (χ1v) is 10.5. The summed E-state index contributed by atoms with van der Waals surface area (Å²) in [7, 11) is 1.61. The molecular weight excluding hydrogens is 396 g/mol. The Morgan fingerprint density at radius 1 is 1.23 bits per heavy atom. The quantitative estimate of drug-likeness (QED) is 0.511. The molecule has 1 fully saturated rings. The van der Waals surface area contributed by atoms with Gasteiger partial charge in [0.15, 0.2) is 0 Å². The molecular formula is C23H32N4O4. The van der Waals surface area contributed by atoms with Crippen molar-refractivity contribution in [3.8, 4) is 11.8 Å². The molecule has 168 valence electrons. The molecule has 0 bridgehead atoms. The van der Waals surface area contributed by atoms with Crippen molar-refractivity contribution in [3.63, 3.8) is 0 Å². The summed E-state index contributed by atoms with van der Waals surface area (Å²) in [5.41, 5.74) is 0.583. The minimum Gasteiger partial charge on any atom is -0.497 e. The third-order valence-corrected chi connectivity index (χ3v) is 4.83. The summed E-state index contributed by atoms with van der Waals surface area (Å²) in [6, 6.07) is 9.66. The minimum absolute atomic E-state index is 0.0318. The second-order valence-electron chi connectivity index (χ2n) is 8.43. The van der Waals surface area contributed by atoms with Gasteiger partial charge in [0.1, 0.15) is 23.0 Å². The van der Waals surface area contributed by atoms with E-state index in [1.807, 2.05) is 51.1 Å². The summed E-state index contributed by atoms with van der Waals surface area (Å²) < 4.78 is 10.5. The van der Waals surface area contributed by atoms with Gasteiger partial charge in [-0.1, -0.05) is 12.1 Å². The van der Waals surface area contributed by atoms with Gasteiger partial charge in [0.25, 0.3) is 5.91 Å². The number of rotatable bonds is 7. The van der Waals surface area contributed by atoms with E-state index in [1.165, 1.54) is 6.20 Å². The van der Waals surface area contributed by atoms with E-state index in [0.717, 1.165) is 11.3 Å². The average Bonchev–Trinajstić information content (AvgIpc) is 2.74. The molecule has 1 heterocycles. The molecule has 1 aliphatic heterocycles. The van der Waals surface area contributed by atoms with Gasteiger partial charge in [-0.3, -0.25) is 4.79 Å². The molecule has 31 heavy (non-hydrogen) atoms. The summed E-state index contributed by atoms with van der Waals surface area (Å²) in [5.74, 6) is 0.375. The second-order valence-corrected chi connectivity index (χ2v) is 8.43. The number of carbonyl (C=O) groups is 2. The van der Waals surface area contributed by atoms with Crippen LogP contribution in [0.5, 0.6) is 5.75 Å². The van der Waals surface area contributed by atoms with Crippen LogP contribution in [0.15, 0.2) is 36.0 Å². The van der Waals surface area contributed by atoms with Crippen LogP contribution < -0.4 is 15.4 Å². The summed E-state index contributed by atoms with van der Waals surface area (Å²) in [6.45, 7) is 7.09. The molecule has 0 saturated carbocycles. The highest BCUT2D eigenvalue weighted by atomic mass is 16.6. The number of methoxy groups -OCH3 is 1. The van der Waals surface area contributed by atoms with E-state index in [1.54, 1.807) is 12.0 Å². The van der Waals surface area contributed by atoms with Crippen molar-refractivity contribution in [3.05, 3.63) is 41.6 Å². The van der Waals surface area contributed by atoms with Crippen molar-refractivity contribution in [2.75, 3.05) is 26.7 Å². The van der Waals surface area contributed by atoms with Crippen molar-refractivity contribution in [1.29, 1.82) is 5.26 Å². The lowest BCUT2D eigenvalue weighted by atomic mass is 10.1. The van der Waals surface area contributed by atoms with Gasteiger partial charge in [0.05, 0.1) is 7.11 Å². The van der Waals surface area contributed by atoms with E-state index in [4.69, 9.17) is 9.47 Å². The summed E-state index contributed by atoms with van der Waals surface area (Å²) in [6.07, 6.45) is 3.25. The lowest BCUT2D eigenvalue weighted by Crippen LogP contribution is -2.45. The molecule has 0 radical (unpaired) electrons. The molecule has 2 rings (SSSR count). The molecule has 1 aromatic rings. The van der Waals surface area contributed by atoms with Crippen LogP contribution in [0, 0.1) is 11.3 Å². The zero-order valence-corrected chi connectivity index (χ0v) is 18.7. The molecule has 8 heteroatoms. The zero-order valence-electron chi connectivity index (χ0n) is 18.7. The van der Waals surface area contributed by atoms with Crippen LogP contribution in [-0.2, 0) is 16.0 Å². The summed E-state index contributed by atoms with van der Waals surface area (Å²) >= 11 is 0.